The van der Waals surface area contributed by atoms with Crippen molar-refractivity contribution in [3.05, 3.63) is 29.8 Å². The van der Waals surface area contributed by atoms with Gasteiger partial charge in [0.25, 0.3) is 0 Å². The van der Waals surface area contributed by atoms with Crippen LogP contribution in [-0.4, -0.2) is 26.8 Å². The highest BCUT2D eigenvalue weighted by Gasteiger charge is 2.33. The molecule has 0 aliphatic heterocycles. The predicted octanol–water partition coefficient (Wildman–Crippen LogP) is 1.29. The van der Waals surface area contributed by atoms with Crippen LogP contribution in [0.4, 0.5) is 0 Å². The van der Waals surface area contributed by atoms with Crippen LogP contribution in [0, 0.1) is 5.92 Å². The number of hydrogen-bond donors (Lipinski definition) is 2. The summed E-state index contributed by atoms with van der Waals surface area (Å²) in [6.07, 6.45) is 2.38. The fraction of sp³-hybridized carbons (Fsp3) is 0.500. The Bertz CT molecular complexity index is 594. The molecule has 3 N–H and O–H groups in total. The van der Waals surface area contributed by atoms with Crippen molar-refractivity contribution in [2.45, 2.75) is 37.1 Å². The minimum absolute atomic E-state index is 0.0698. The van der Waals surface area contributed by atoms with Gasteiger partial charge in [-0.05, 0) is 30.9 Å². The number of Topliss-reactive ketones (excluding diaryl/α,β-unsaturated/α-hetero) is 1. The molecule has 6 heteroatoms. The zero-order valence-corrected chi connectivity index (χ0v) is 12.3. The van der Waals surface area contributed by atoms with Crippen molar-refractivity contribution in [2.75, 3.05) is 6.54 Å². The third-order valence-corrected chi connectivity index (χ3v) is 5.03. The summed E-state index contributed by atoms with van der Waals surface area (Å²) < 4.78 is 27.3. The van der Waals surface area contributed by atoms with Crippen LogP contribution in [0.25, 0.3) is 0 Å². The third-order valence-electron chi connectivity index (χ3n) is 3.54. The van der Waals surface area contributed by atoms with Crippen LogP contribution >= 0.6 is 0 Å². The molecule has 20 heavy (non-hydrogen) atoms. The quantitative estimate of drug-likeness (QED) is 0.742. The molecule has 1 unspecified atom stereocenters. The Labute approximate surface area is 119 Å². The number of benzene rings is 1. The molecular formula is C14H20N2O3S. The average Bonchev–Trinajstić information content (AvgIpc) is 3.28. The first-order chi connectivity index (χ1) is 9.47. The number of sulfonamides is 1. The average molecular weight is 296 g/mol. The van der Waals surface area contributed by atoms with Gasteiger partial charge >= 0.3 is 0 Å². The Morgan fingerprint density at radius 2 is 2.15 bits per heavy atom. The molecule has 0 bridgehead atoms. The Balaban J connectivity index is 2.22. The van der Waals surface area contributed by atoms with Gasteiger partial charge in [0.15, 0.2) is 5.78 Å². The highest BCUT2D eigenvalue weighted by atomic mass is 32.2. The third kappa shape index (κ3) is 3.45. The highest BCUT2D eigenvalue weighted by molar-refractivity contribution is 7.89. The molecule has 0 heterocycles. The first-order valence-corrected chi connectivity index (χ1v) is 8.32. The van der Waals surface area contributed by atoms with Crippen LogP contribution in [0.3, 0.4) is 0 Å². The zero-order chi connectivity index (χ0) is 14.8. The molecule has 0 aromatic heterocycles. The van der Waals surface area contributed by atoms with Crippen LogP contribution in [0.15, 0.2) is 29.2 Å². The topological polar surface area (TPSA) is 89.3 Å². The second kappa shape index (κ2) is 6.03. The molecule has 1 atom stereocenters. The molecule has 5 nitrogen and oxygen atoms in total. The van der Waals surface area contributed by atoms with Crippen molar-refractivity contribution < 1.29 is 13.2 Å². The summed E-state index contributed by atoms with van der Waals surface area (Å²) in [7, 11) is -3.62. The van der Waals surface area contributed by atoms with Crippen molar-refractivity contribution in [1.29, 1.82) is 0 Å². The number of carbonyl (C=O) groups excluding carboxylic acids is 1. The maximum atomic E-state index is 12.3. The van der Waals surface area contributed by atoms with E-state index in [-0.39, 0.29) is 23.3 Å². The van der Waals surface area contributed by atoms with Gasteiger partial charge in [-0.2, -0.15) is 0 Å². The molecule has 0 amide bonds. The molecule has 1 fully saturated rings. The van der Waals surface area contributed by atoms with Gasteiger partial charge in [0.05, 0.1) is 4.90 Å². The minimum atomic E-state index is -3.62. The van der Waals surface area contributed by atoms with Crippen LogP contribution in [-0.2, 0) is 10.0 Å². The Morgan fingerprint density at radius 1 is 1.45 bits per heavy atom. The second-order valence-corrected chi connectivity index (χ2v) is 6.82. The van der Waals surface area contributed by atoms with Gasteiger partial charge in [-0.15, -0.1) is 0 Å². The molecule has 2 rings (SSSR count). The van der Waals surface area contributed by atoms with Crippen molar-refractivity contribution in [3.63, 3.8) is 0 Å². The van der Waals surface area contributed by atoms with E-state index in [9.17, 15) is 13.2 Å². The smallest absolute Gasteiger partial charge is 0.240 e. The summed E-state index contributed by atoms with van der Waals surface area (Å²) in [6, 6.07) is 5.92. The van der Waals surface area contributed by atoms with Gasteiger partial charge in [-0.1, -0.05) is 19.1 Å². The normalized spacial score (nSPS) is 16.9. The van der Waals surface area contributed by atoms with E-state index in [0.717, 1.165) is 12.8 Å². The van der Waals surface area contributed by atoms with Gasteiger partial charge in [-0.25, -0.2) is 13.1 Å². The SMILES string of the molecule is CCC(=O)c1cccc(S(=O)(=O)NC(CN)C2CC2)c1. The first kappa shape index (κ1) is 15.2. The second-order valence-electron chi connectivity index (χ2n) is 5.11. The molecule has 1 saturated carbocycles. The molecule has 0 spiro atoms. The van der Waals surface area contributed by atoms with E-state index in [2.05, 4.69) is 4.72 Å². The van der Waals surface area contributed by atoms with Crippen molar-refractivity contribution in [1.82, 2.24) is 4.72 Å². The zero-order valence-electron chi connectivity index (χ0n) is 11.5. The van der Waals surface area contributed by atoms with Crippen LogP contribution in [0.2, 0.25) is 0 Å². The summed E-state index contributed by atoms with van der Waals surface area (Å²) in [5.41, 5.74) is 6.04. The van der Waals surface area contributed by atoms with E-state index in [0.29, 0.717) is 17.9 Å². The van der Waals surface area contributed by atoms with Crippen LogP contribution < -0.4 is 10.5 Å². The van der Waals surface area contributed by atoms with Gasteiger partial charge in [-0.3, -0.25) is 4.79 Å². The lowest BCUT2D eigenvalue weighted by Gasteiger charge is -2.16. The fourth-order valence-corrected chi connectivity index (χ4v) is 3.51. The standard InChI is InChI=1S/C14H20N2O3S/c1-2-14(17)11-4-3-5-12(8-11)20(18,19)16-13(9-15)10-6-7-10/h3-5,8,10,13,16H,2,6-7,9,15H2,1H3. The van der Waals surface area contributed by atoms with E-state index in [4.69, 9.17) is 5.73 Å². The van der Waals surface area contributed by atoms with Gasteiger partial charge < -0.3 is 5.73 Å². The number of nitrogens with one attached hydrogen (secondary N) is 1. The van der Waals surface area contributed by atoms with Gasteiger partial charge in [0.2, 0.25) is 10.0 Å². The summed E-state index contributed by atoms with van der Waals surface area (Å²) in [4.78, 5) is 11.8. The Hall–Kier alpha value is -1.24. The molecular weight excluding hydrogens is 276 g/mol. The lowest BCUT2D eigenvalue weighted by atomic mass is 10.1. The largest absolute Gasteiger partial charge is 0.329 e. The number of nitrogens with two attached hydrogens (primary N) is 1. The summed E-state index contributed by atoms with van der Waals surface area (Å²) in [5, 5.41) is 0. The number of rotatable bonds is 7. The summed E-state index contributed by atoms with van der Waals surface area (Å²) in [6.45, 7) is 2.04. The number of ketones is 1. The predicted molar refractivity (Wildman–Crippen MR) is 77.0 cm³/mol. The van der Waals surface area contributed by atoms with E-state index >= 15 is 0 Å². The summed E-state index contributed by atoms with van der Waals surface area (Å²) in [5.74, 6) is 0.273. The number of hydrogen-bond acceptors (Lipinski definition) is 4. The molecule has 110 valence electrons. The maximum Gasteiger partial charge on any atom is 0.240 e. The van der Waals surface area contributed by atoms with Gasteiger partial charge in [0.1, 0.15) is 0 Å². The van der Waals surface area contributed by atoms with E-state index in [1.165, 1.54) is 12.1 Å². The van der Waals surface area contributed by atoms with Gasteiger partial charge in [0, 0.05) is 24.6 Å². The molecule has 1 aromatic carbocycles. The van der Waals surface area contributed by atoms with Crippen LogP contribution in [0.1, 0.15) is 36.5 Å². The Kier molecular flexibility index (Phi) is 4.57. The van der Waals surface area contributed by atoms with Crippen molar-refractivity contribution in [3.8, 4) is 0 Å². The molecule has 1 aliphatic rings. The van der Waals surface area contributed by atoms with Crippen molar-refractivity contribution in [2.24, 2.45) is 11.7 Å². The molecule has 1 aromatic rings. The molecule has 0 radical (unpaired) electrons. The fourth-order valence-electron chi connectivity index (χ4n) is 2.14. The van der Waals surface area contributed by atoms with Crippen LogP contribution in [0.5, 0.6) is 0 Å². The molecule has 1 aliphatic carbocycles. The lowest BCUT2D eigenvalue weighted by Crippen LogP contribution is -2.41. The van der Waals surface area contributed by atoms with E-state index < -0.39 is 10.0 Å². The number of carbonyl (C=O) groups is 1. The van der Waals surface area contributed by atoms with E-state index in [1.54, 1.807) is 19.1 Å². The van der Waals surface area contributed by atoms with Crippen molar-refractivity contribution >= 4 is 15.8 Å². The minimum Gasteiger partial charge on any atom is -0.329 e. The van der Waals surface area contributed by atoms with E-state index in [1.807, 2.05) is 0 Å². The Morgan fingerprint density at radius 3 is 2.70 bits per heavy atom. The maximum absolute atomic E-state index is 12.3. The highest BCUT2D eigenvalue weighted by Crippen LogP contribution is 2.32. The summed E-state index contributed by atoms with van der Waals surface area (Å²) >= 11 is 0. The molecule has 0 saturated heterocycles. The monoisotopic (exact) mass is 296 g/mol. The first-order valence-electron chi connectivity index (χ1n) is 6.83. The lowest BCUT2D eigenvalue weighted by molar-refractivity contribution is 0.0988.